The molecule has 1 heterocycles. The van der Waals surface area contributed by atoms with Crippen LogP contribution in [0.3, 0.4) is 0 Å². The second-order valence-corrected chi connectivity index (χ2v) is 5.45. The summed E-state index contributed by atoms with van der Waals surface area (Å²) in [5.41, 5.74) is 1.25. The molecule has 0 saturated carbocycles. The van der Waals surface area contributed by atoms with Crippen LogP contribution in [0, 0.1) is 5.92 Å². The van der Waals surface area contributed by atoms with E-state index in [4.69, 9.17) is 0 Å². The third-order valence-corrected chi connectivity index (χ3v) is 3.14. The number of aromatic nitrogens is 1. The van der Waals surface area contributed by atoms with Crippen LogP contribution in [0.15, 0.2) is 18.5 Å². The smallest absolute Gasteiger partial charge is 0.239 e. The molecule has 0 aliphatic heterocycles. The van der Waals surface area contributed by atoms with Gasteiger partial charge in [-0.05, 0) is 31.0 Å². The zero-order valence-electron chi connectivity index (χ0n) is 12.6. The zero-order valence-corrected chi connectivity index (χ0v) is 12.6. The van der Waals surface area contributed by atoms with Crippen LogP contribution in [0.2, 0.25) is 0 Å². The molecule has 1 unspecified atom stereocenters. The molecule has 1 atom stereocenters. The van der Waals surface area contributed by atoms with Crippen LogP contribution in [0.1, 0.15) is 45.2 Å². The third-order valence-electron chi connectivity index (χ3n) is 3.14. The maximum atomic E-state index is 11.7. The van der Waals surface area contributed by atoms with Crippen molar-refractivity contribution in [2.45, 2.75) is 46.2 Å². The number of nitrogens with one attached hydrogen (secondary N) is 2. The van der Waals surface area contributed by atoms with Crippen LogP contribution in [-0.4, -0.2) is 24.1 Å². The van der Waals surface area contributed by atoms with E-state index in [1.807, 2.05) is 17.8 Å². The minimum absolute atomic E-state index is 0.0762. The molecule has 4 heteroatoms. The van der Waals surface area contributed by atoms with Gasteiger partial charge in [-0.2, -0.15) is 0 Å². The highest BCUT2D eigenvalue weighted by molar-refractivity contribution is 5.75. The van der Waals surface area contributed by atoms with E-state index in [1.165, 1.54) is 5.56 Å². The zero-order chi connectivity index (χ0) is 14.3. The minimum atomic E-state index is 0.0762. The van der Waals surface area contributed by atoms with Crippen LogP contribution in [0.25, 0.3) is 0 Å². The second kappa shape index (κ2) is 8.00. The number of hydrogen-bond acceptors (Lipinski definition) is 2. The summed E-state index contributed by atoms with van der Waals surface area (Å²) in [7, 11) is 1.98. The summed E-state index contributed by atoms with van der Waals surface area (Å²) in [5, 5.41) is 6.24. The van der Waals surface area contributed by atoms with Gasteiger partial charge in [0, 0.05) is 25.0 Å². The van der Waals surface area contributed by atoms with Crippen molar-refractivity contribution in [1.29, 1.82) is 0 Å². The van der Waals surface area contributed by atoms with Crippen molar-refractivity contribution >= 4 is 5.91 Å². The van der Waals surface area contributed by atoms with Gasteiger partial charge < -0.3 is 15.2 Å². The molecule has 2 N–H and O–H groups in total. The van der Waals surface area contributed by atoms with Gasteiger partial charge in [-0.3, -0.25) is 4.79 Å². The van der Waals surface area contributed by atoms with E-state index in [-0.39, 0.29) is 5.91 Å². The molecule has 0 saturated heterocycles. The molecule has 0 spiro atoms. The van der Waals surface area contributed by atoms with Crippen LogP contribution < -0.4 is 10.6 Å². The number of hydrogen-bond donors (Lipinski definition) is 2. The molecule has 0 radical (unpaired) electrons. The maximum absolute atomic E-state index is 11.7. The Morgan fingerprint density at radius 1 is 1.42 bits per heavy atom. The molecule has 1 rings (SSSR count). The Kier molecular flexibility index (Phi) is 6.64. The number of rotatable bonds is 8. The summed E-state index contributed by atoms with van der Waals surface area (Å²) in [6.07, 6.45) is 6.29. The van der Waals surface area contributed by atoms with Crippen molar-refractivity contribution in [3.05, 3.63) is 24.0 Å². The average molecular weight is 265 g/mol. The SMILES string of the molecule is CCCC(NC)c1ccn(CC(=O)NCC(C)C)c1. The van der Waals surface area contributed by atoms with Gasteiger partial charge in [0.25, 0.3) is 0 Å². The highest BCUT2D eigenvalue weighted by Crippen LogP contribution is 2.18. The van der Waals surface area contributed by atoms with E-state index in [0.29, 0.717) is 18.5 Å². The standard InChI is InChI=1S/C15H27N3O/c1-5-6-14(16-4)13-7-8-18(10-13)11-15(19)17-9-12(2)3/h7-8,10,12,14,16H,5-6,9,11H2,1-4H3,(H,17,19). The number of nitrogens with zero attached hydrogens (tertiary/aromatic N) is 1. The molecule has 0 bridgehead atoms. The van der Waals surface area contributed by atoms with Crippen molar-refractivity contribution in [2.75, 3.05) is 13.6 Å². The Morgan fingerprint density at radius 2 is 2.16 bits per heavy atom. The number of carbonyl (C=O) groups excluding carboxylic acids is 1. The summed E-state index contributed by atoms with van der Waals surface area (Å²) < 4.78 is 1.95. The lowest BCUT2D eigenvalue weighted by Gasteiger charge is -2.13. The summed E-state index contributed by atoms with van der Waals surface area (Å²) in [4.78, 5) is 11.7. The van der Waals surface area contributed by atoms with Gasteiger partial charge in [0.2, 0.25) is 5.91 Å². The van der Waals surface area contributed by atoms with Crippen LogP contribution in [0.4, 0.5) is 0 Å². The van der Waals surface area contributed by atoms with E-state index in [1.54, 1.807) is 0 Å². The fraction of sp³-hybridized carbons (Fsp3) is 0.667. The van der Waals surface area contributed by atoms with Crippen molar-refractivity contribution in [3.8, 4) is 0 Å². The third kappa shape index (κ3) is 5.47. The summed E-state index contributed by atoms with van der Waals surface area (Å²) in [6.45, 7) is 7.50. The van der Waals surface area contributed by atoms with Crippen molar-refractivity contribution in [2.24, 2.45) is 5.92 Å². The molecule has 4 nitrogen and oxygen atoms in total. The average Bonchev–Trinajstić information content (AvgIpc) is 2.81. The predicted octanol–water partition coefficient (Wildman–Crippen LogP) is 2.32. The second-order valence-electron chi connectivity index (χ2n) is 5.45. The first kappa shape index (κ1) is 15.8. The van der Waals surface area contributed by atoms with Gasteiger partial charge in [0.1, 0.15) is 6.54 Å². The first-order valence-electron chi connectivity index (χ1n) is 7.16. The lowest BCUT2D eigenvalue weighted by atomic mass is 10.1. The van der Waals surface area contributed by atoms with E-state index in [2.05, 4.69) is 43.7 Å². The molecular formula is C15H27N3O. The van der Waals surface area contributed by atoms with E-state index in [9.17, 15) is 4.79 Å². The molecular weight excluding hydrogens is 238 g/mol. The minimum Gasteiger partial charge on any atom is -0.354 e. The first-order valence-corrected chi connectivity index (χ1v) is 7.16. The van der Waals surface area contributed by atoms with Crippen LogP contribution in [-0.2, 0) is 11.3 Å². The van der Waals surface area contributed by atoms with Gasteiger partial charge in [-0.25, -0.2) is 0 Å². The Balaban J connectivity index is 2.52. The molecule has 1 aromatic heterocycles. The topological polar surface area (TPSA) is 46.1 Å². The molecule has 0 aliphatic carbocycles. The van der Waals surface area contributed by atoms with E-state index in [0.717, 1.165) is 19.4 Å². The van der Waals surface area contributed by atoms with Gasteiger partial charge in [-0.1, -0.05) is 27.2 Å². The fourth-order valence-electron chi connectivity index (χ4n) is 2.07. The fourth-order valence-corrected chi connectivity index (χ4v) is 2.07. The van der Waals surface area contributed by atoms with Gasteiger partial charge in [0.15, 0.2) is 0 Å². The Bertz CT molecular complexity index is 384. The molecule has 0 aliphatic rings. The van der Waals surface area contributed by atoms with E-state index >= 15 is 0 Å². The molecule has 108 valence electrons. The largest absolute Gasteiger partial charge is 0.354 e. The Morgan fingerprint density at radius 3 is 2.74 bits per heavy atom. The highest BCUT2D eigenvalue weighted by Gasteiger charge is 2.10. The van der Waals surface area contributed by atoms with Gasteiger partial charge in [-0.15, -0.1) is 0 Å². The number of amides is 1. The van der Waals surface area contributed by atoms with Gasteiger partial charge >= 0.3 is 0 Å². The van der Waals surface area contributed by atoms with Crippen LogP contribution >= 0.6 is 0 Å². The maximum Gasteiger partial charge on any atom is 0.239 e. The summed E-state index contributed by atoms with van der Waals surface area (Å²) in [5.74, 6) is 0.565. The van der Waals surface area contributed by atoms with Gasteiger partial charge in [0.05, 0.1) is 0 Å². The summed E-state index contributed by atoms with van der Waals surface area (Å²) >= 11 is 0. The lowest BCUT2D eigenvalue weighted by Crippen LogP contribution is -2.30. The predicted molar refractivity (Wildman–Crippen MR) is 79.0 cm³/mol. The normalized spacial score (nSPS) is 12.7. The Hall–Kier alpha value is -1.29. The van der Waals surface area contributed by atoms with Crippen LogP contribution in [0.5, 0.6) is 0 Å². The molecule has 0 fully saturated rings. The van der Waals surface area contributed by atoms with Crippen molar-refractivity contribution in [3.63, 3.8) is 0 Å². The number of carbonyl (C=O) groups is 1. The molecule has 1 aromatic rings. The van der Waals surface area contributed by atoms with Crippen molar-refractivity contribution in [1.82, 2.24) is 15.2 Å². The molecule has 1 amide bonds. The molecule has 0 aromatic carbocycles. The summed E-state index contributed by atoms with van der Waals surface area (Å²) in [6, 6.07) is 2.47. The first-order chi connectivity index (χ1) is 9.06. The van der Waals surface area contributed by atoms with Crippen molar-refractivity contribution < 1.29 is 4.79 Å². The highest BCUT2D eigenvalue weighted by atomic mass is 16.1. The lowest BCUT2D eigenvalue weighted by molar-refractivity contribution is -0.121. The van der Waals surface area contributed by atoms with E-state index < -0.39 is 0 Å². The molecule has 19 heavy (non-hydrogen) atoms. The monoisotopic (exact) mass is 265 g/mol. The Labute approximate surface area is 116 Å². The quantitative estimate of drug-likeness (QED) is 0.758.